The molecule has 6 heteroatoms. The van der Waals surface area contributed by atoms with Crippen LogP contribution in [-0.2, 0) is 6.54 Å². The zero-order valence-corrected chi connectivity index (χ0v) is 10.5. The molecule has 0 fully saturated rings. The average molecular weight is 268 g/mol. The second-order valence-electron chi connectivity index (χ2n) is 4.32. The third-order valence-corrected chi connectivity index (χ3v) is 2.98. The quantitative estimate of drug-likeness (QED) is 0.705. The number of nitrogens with two attached hydrogens (primary N) is 1. The summed E-state index contributed by atoms with van der Waals surface area (Å²) in [6, 6.07) is 11.3. The number of fused-ring (bicyclic) bond motifs is 1. The molecular formula is C14H12N4O2. The minimum absolute atomic E-state index is 0.196. The lowest BCUT2D eigenvalue weighted by Crippen LogP contribution is -2.24. The van der Waals surface area contributed by atoms with Gasteiger partial charge in [0.05, 0.1) is 12.1 Å². The molecular weight excluding hydrogens is 256 g/mol. The highest BCUT2D eigenvalue weighted by atomic mass is 16.5. The minimum Gasteiger partial charge on any atom is -0.398 e. The molecule has 1 amide bonds. The molecule has 100 valence electrons. The lowest BCUT2D eigenvalue weighted by atomic mass is 10.0. The molecule has 1 aromatic heterocycles. The van der Waals surface area contributed by atoms with E-state index in [2.05, 4.69) is 20.0 Å². The third-order valence-electron chi connectivity index (χ3n) is 2.98. The van der Waals surface area contributed by atoms with E-state index in [1.54, 1.807) is 12.1 Å². The molecule has 0 saturated carbocycles. The summed E-state index contributed by atoms with van der Waals surface area (Å²) in [7, 11) is 0. The fraction of sp³-hybridized carbons (Fsp3) is 0.0714. The Bertz CT molecular complexity index is 753. The first-order chi connectivity index (χ1) is 9.74. The highest BCUT2D eigenvalue weighted by Crippen LogP contribution is 2.21. The summed E-state index contributed by atoms with van der Waals surface area (Å²) >= 11 is 0. The van der Waals surface area contributed by atoms with Gasteiger partial charge in [-0.05, 0) is 22.9 Å². The van der Waals surface area contributed by atoms with E-state index in [1.807, 2.05) is 24.3 Å². The van der Waals surface area contributed by atoms with Crippen molar-refractivity contribution in [1.29, 1.82) is 0 Å². The monoisotopic (exact) mass is 268 g/mol. The van der Waals surface area contributed by atoms with Crippen molar-refractivity contribution >= 4 is 22.4 Å². The van der Waals surface area contributed by atoms with Crippen LogP contribution >= 0.6 is 0 Å². The largest absolute Gasteiger partial charge is 0.398 e. The number of hydrogen-bond acceptors (Lipinski definition) is 5. The summed E-state index contributed by atoms with van der Waals surface area (Å²) in [5.41, 5.74) is 6.80. The van der Waals surface area contributed by atoms with Gasteiger partial charge in [-0.3, -0.25) is 4.79 Å². The van der Waals surface area contributed by atoms with Crippen LogP contribution in [0.3, 0.4) is 0 Å². The van der Waals surface area contributed by atoms with Crippen LogP contribution in [0.2, 0.25) is 0 Å². The molecule has 0 unspecified atom stereocenters. The molecule has 3 rings (SSSR count). The normalized spacial score (nSPS) is 10.6. The predicted octanol–water partition coefficient (Wildman–Crippen LogP) is 1.73. The van der Waals surface area contributed by atoms with Crippen LogP contribution in [0.4, 0.5) is 5.69 Å². The van der Waals surface area contributed by atoms with Crippen molar-refractivity contribution in [3.05, 3.63) is 54.2 Å². The molecule has 0 aliphatic rings. The van der Waals surface area contributed by atoms with Crippen molar-refractivity contribution < 1.29 is 9.32 Å². The van der Waals surface area contributed by atoms with Crippen molar-refractivity contribution in [1.82, 2.24) is 15.5 Å². The maximum atomic E-state index is 12.1. The fourth-order valence-corrected chi connectivity index (χ4v) is 1.98. The Balaban J connectivity index is 1.85. The molecule has 20 heavy (non-hydrogen) atoms. The van der Waals surface area contributed by atoms with Crippen molar-refractivity contribution in [3.63, 3.8) is 0 Å². The Morgan fingerprint density at radius 2 is 2.00 bits per heavy atom. The summed E-state index contributed by atoms with van der Waals surface area (Å²) in [5.74, 6) is 0.149. The molecule has 0 saturated heterocycles. The smallest absolute Gasteiger partial charge is 0.253 e. The van der Waals surface area contributed by atoms with E-state index in [0.717, 1.165) is 10.8 Å². The number of nitrogens with zero attached hydrogens (tertiary/aromatic N) is 2. The molecule has 1 heterocycles. The lowest BCUT2D eigenvalue weighted by molar-refractivity contribution is 0.0950. The number of anilines is 1. The van der Waals surface area contributed by atoms with Crippen LogP contribution in [0, 0.1) is 0 Å². The first kappa shape index (κ1) is 12.2. The van der Waals surface area contributed by atoms with Crippen molar-refractivity contribution in [2.24, 2.45) is 0 Å². The van der Waals surface area contributed by atoms with Gasteiger partial charge in [-0.1, -0.05) is 29.4 Å². The van der Waals surface area contributed by atoms with Gasteiger partial charge in [0.1, 0.15) is 0 Å². The van der Waals surface area contributed by atoms with Crippen molar-refractivity contribution in [2.45, 2.75) is 6.54 Å². The van der Waals surface area contributed by atoms with Crippen LogP contribution in [0.5, 0.6) is 0 Å². The van der Waals surface area contributed by atoms with Gasteiger partial charge in [0.2, 0.25) is 6.39 Å². The van der Waals surface area contributed by atoms with E-state index in [9.17, 15) is 4.79 Å². The number of amides is 1. The van der Waals surface area contributed by atoms with Crippen LogP contribution in [0.25, 0.3) is 10.8 Å². The molecule has 0 bridgehead atoms. The van der Waals surface area contributed by atoms with Gasteiger partial charge in [-0.25, -0.2) is 0 Å². The van der Waals surface area contributed by atoms with Crippen molar-refractivity contribution in [2.75, 3.05) is 5.73 Å². The Kier molecular flexibility index (Phi) is 3.04. The summed E-state index contributed by atoms with van der Waals surface area (Å²) in [6.07, 6.45) is 1.21. The highest BCUT2D eigenvalue weighted by Gasteiger charge is 2.11. The lowest BCUT2D eigenvalue weighted by Gasteiger charge is -2.08. The van der Waals surface area contributed by atoms with Gasteiger partial charge in [-0.2, -0.15) is 4.98 Å². The van der Waals surface area contributed by atoms with Gasteiger partial charge in [0.15, 0.2) is 5.82 Å². The van der Waals surface area contributed by atoms with Gasteiger partial charge in [0.25, 0.3) is 5.91 Å². The van der Waals surface area contributed by atoms with Gasteiger partial charge in [0, 0.05) is 5.69 Å². The van der Waals surface area contributed by atoms with Crippen LogP contribution in [0.1, 0.15) is 16.2 Å². The fourth-order valence-electron chi connectivity index (χ4n) is 1.98. The second-order valence-corrected chi connectivity index (χ2v) is 4.32. The molecule has 0 atom stereocenters. The highest BCUT2D eigenvalue weighted by molar-refractivity contribution is 6.03. The Labute approximate surface area is 114 Å². The third kappa shape index (κ3) is 2.31. The van der Waals surface area contributed by atoms with Crippen LogP contribution in [0.15, 0.2) is 47.3 Å². The number of aromatic nitrogens is 2. The van der Waals surface area contributed by atoms with E-state index in [4.69, 9.17) is 5.73 Å². The second kappa shape index (κ2) is 5.00. The topological polar surface area (TPSA) is 94.0 Å². The molecule has 0 radical (unpaired) electrons. The standard InChI is InChI=1S/C14H12N4O2/c15-12-6-10-4-2-1-3-9(10)5-11(12)14(19)16-7-13-17-8-20-18-13/h1-6,8H,7,15H2,(H,16,19). The maximum absolute atomic E-state index is 12.1. The summed E-state index contributed by atoms with van der Waals surface area (Å²) in [6.45, 7) is 0.196. The number of hydrogen-bond donors (Lipinski definition) is 2. The van der Waals surface area contributed by atoms with E-state index < -0.39 is 0 Å². The summed E-state index contributed by atoms with van der Waals surface area (Å²) in [4.78, 5) is 16.0. The Hall–Kier alpha value is -2.89. The van der Waals surface area contributed by atoms with E-state index in [0.29, 0.717) is 17.1 Å². The molecule has 3 aromatic rings. The molecule has 6 nitrogen and oxygen atoms in total. The van der Waals surface area contributed by atoms with Gasteiger partial charge >= 0.3 is 0 Å². The average Bonchev–Trinajstić information content (AvgIpc) is 2.97. The molecule has 0 aliphatic carbocycles. The number of benzene rings is 2. The van der Waals surface area contributed by atoms with Crippen LogP contribution < -0.4 is 11.1 Å². The maximum Gasteiger partial charge on any atom is 0.253 e. The SMILES string of the molecule is Nc1cc2ccccc2cc1C(=O)NCc1ncon1. The number of nitrogens with one attached hydrogen (secondary N) is 1. The first-order valence-corrected chi connectivity index (χ1v) is 6.06. The summed E-state index contributed by atoms with van der Waals surface area (Å²) < 4.78 is 4.60. The minimum atomic E-state index is -0.266. The van der Waals surface area contributed by atoms with E-state index >= 15 is 0 Å². The summed E-state index contributed by atoms with van der Waals surface area (Å²) in [5, 5.41) is 8.29. The zero-order chi connectivity index (χ0) is 13.9. The van der Waals surface area contributed by atoms with Crippen LogP contribution in [-0.4, -0.2) is 16.0 Å². The molecule has 3 N–H and O–H groups in total. The predicted molar refractivity (Wildman–Crippen MR) is 73.8 cm³/mol. The number of carbonyl (C=O) groups excluding carboxylic acids is 1. The molecule has 2 aromatic carbocycles. The number of nitrogen functional groups attached to an aromatic ring is 1. The van der Waals surface area contributed by atoms with Gasteiger partial charge in [-0.15, -0.1) is 0 Å². The van der Waals surface area contributed by atoms with Crippen molar-refractivity contribution in [3.8, 4) is 0 Å². The zero-order valence-electron chi connectivity index (χ0n) is 10.5. The van der Waals surface area contributed by atoms with Gasteiger partial charge < -0.3 is 15.6 Å². The Morgan fingerprint density at radius 1 is 1.25 bits per heavy atom. The van der Waals surface area contributed by atoms with E-state index in [-0.39, 0.29) is 12.5 Å². The molecule has 0 spiro atoms. The molecule has 0 aliphatic heterocycles. The first-order valence-electron chi connectivity index (χ1n) is 6.06. The number of rotatable bonds is 3. The Morgan fingerprint density at radius 3 is 2.70 bits per heavy atom. The van der Waals surface area contributed by atoms with E-state index in [1.165, 1.54) is 6.39 Å². The number of carbonyl (C=O) groups is 1.